The van der Waals surface area contributed by atoms with Gasteiger partial charge in [-0.3, -0.25) is 9.59 Å². The number of anilines is 1. The number of nitrogens with zero attached hydrogens (tertiary/aromatic N) is 1. The zero-order valence-electron chi connectivity index (χ0n) is 15.4. The minimum atomic E-state index is -0.471. The number of rotatable bonds is 4. The summed E-state index contributed by atoms with van der Waals surface area (Å²) in [6, 6.07) is 11.7. The molecule has 29 heavy (non-hydrogen) atoms. The van der Waals surface area contributed by atoms with Gasteiger partial charge in [0.15, 0.2) is 0 Å². The van der Waals surface area contributed by atoms with Crippen LogP contribution in [-0.2, 0) is 12.8 Å². The maximum atomic E-state index is 12.9. The normalized spacial score (nSPS) is 13.4. The molecule has 146 valence electrons. The molecule has 0 saturated carbocycles. The maximum Gasteiger partial charge on any atom is 0.266 e. The molecule has 0 atom stereocenters. The van der Waals surface area contributed by atoms with Crippen LogP contribution in [-0.4, -0.2) is 16.8 Å². The van der Waals surface area contributed by atoms with Gasteiger partial charge < -0.3 is 11.1 Å². The van der Waals surface area contributed by atoms with Crippen molar-refractivity contribution in [1.29, 1.82) is 0 Å². The average molecular weight is 440 g/mol. The lowest BCUT2D eigenvalue weighted by Crippen LogP contribution is -2.18. The van der Waals surface area contributed by atoms with E-state index in [-0.39, 0.29) is 5.91 Å². The van der Waals surface area contributed by atoms with Crippen LogP contribution in [0.25, 0.3) is 20.1 Å². The van der Waals surface area contributed by atoms with E-state index >= 15 is 0 Å². The summed E-state index contributed by atoms with van der Waals surface area (Å²) in [7, 11) is 0. The predicted octanol–water partition coefficient (Wildman–Crippen LogP) is 5.32. The molecule has 0 bridgehead atoms. The van der Waals surface area contributed by atoms with E-state index in [2.05, 4.69) is 10.3 Å². The minimum absolute atomic E-state index is 0.219. The van der Waals surface area contributed by atoms with Gasteiger partial charge in [0.1, 0.15) is 10.0 Å². The lowest BCUT2D eigenvalue weighted by molar-refractivity contribution is 0.100. The molecule has 1 aromatic carbocycles. The van der Waals surface area contributed by atoms with Crippen LogP contribution in [0.2, 0.25) is 0 Å². The van der Waals surface area contributed by atoms with Crippen molar-refractivity contribution in [2.75, 3.05) is 5.32 Å². The highest BCUT2D eigenvalue weighted by Gasteiger charge is 2.25. The number of hydrogen-bond acceptors (Lipinski definition) is 6. The number of para-hydroxylation sites is 1. The summed E-state index contributed by atoms with van der Waals surface area (Å²) in [5.41, 5.74) is 8.09. The van der Waals surface area contributed by atoms with Gasteiger partial charge in [0, 0.05) is 4.88 Å². The van der Waals surface area contributed by atoms with Crippen molar-refractivity contribution in [3.05, 3.63) is 57.3 Å². The molecular weight excluding hydrogens is 422 g/mol. The number of carbonyl (C=O) groups is 2. The fourth-order valence-electron chi connectivity index (χ4n) is 3.63. The monoisotopic (exact) mass is 439 g/mol. The Labute approximate surface area is 179 Å². The predicted molar refractivity (Wildman–Crippen MR) is 120 cm³/mol. The number of benzene rings is 1. The molecule has 1 aliphatic carbocycles. The van der Waals surface area contributed by atoms with Gasteiger partial charge in [-0.15, -0.1) is 34.0 Å². The molecule has 5 rings (SSSR count). The second-order valence-electron chi connectivity index (χ2n) is 6.88. The number of fused-ring (bicyclic) bond motifs is 2. The molecule has 3 aromatic heterocycles. The van der Waals surface area contributed by atoms with E-state index in [0.29, 0.717) is 15.4 Å². The van der Waals surface area contributed by atoms with Crippen LogP contribution in [0.5, 0.6) is 0 Å². The van der Waals surface area contributed by atoms with E-state index in [9.17, 15) is 9.59 Å². The van der Waals surface area contributed by atoms with E-state index in [4.69, 9.17) is 5.73 Å². The second kappa shape index (κ2) is 7.37. The molecule has 2 amide bonds. The quantitative estimate of drug-likeness (QED) is 0.451. The standard InChI is InChI=1S/C21H17N3O2S3/c22-18(25)17-11-5-1-3-7-13(11)28-21(17)24-19(26)15-9-10-16(27-15)20-23-12-6-2-4-8-14(12)29-20/h2,4,6,8-10H,1,3,5,7H2,(H2,22,25)(H,24,26). The zero-order chi connectivity index (χ0) is 20.0. The van der Waals surface area contributed by atoms with Gasteiger partial charge in [-0.25, -0.2) is 4.98 Å². The number of carbonyl (C=O) groups excluding carboxylic acids is 2. The molecule has 0 unspecified atom stereocenters. The van der Waals surface area contributed by atoms with Crippen molar-refractivity contribution in [2.24, 2.45) is 5.73 Å². The Morgan fingerprint density at radius 2 is 1.83 bits per heavy atom. The number of aryl methyl sites for hydroxylation is 1. The van der Waals surface area contributed by atoms with E-state index in [1.165, 1.54) is 27.6 Å². The highest BCUT2D eigenvalue weighted by molar-refractivity contribution is 7.26. The van der Waals surface area contributed by atoms with Crippen LogP contribution in [0.3, 0.4) is 0 Å². The average Bonchev–Trinajstić information content (AvgIpc) is 3.43. The van der Waals surface area contributed by atoms with Gasteiger partial charge in [0.05, 0.1) is 25.5 Å². The fourth-order valence-corrected chi connectivity index (χ4v) is 6.84. The van der Waals surface area contributed by atoms with Crippen LogP contribution in [0.1, 0.15) is 43.3 Å². The van der Waals surface area contributed by atoms with E-state index < -0.39 is 5.91 Å². The maximum absolute atomic E-state index is 12.9. The summed E-state index contributed by atoms with van der Waals surface area (Å²) < 4.78 is 1.12. The van der Waals surface area contributed by atoms with Crippen molar-refractivity contribution in [3.8, 4) is 9.88 Å². The molecule has 0 radical (unpaired) electrons. The van der Waals surface area contributed by atoms with Crippen LogP contribution in [0, 0.1) is 0 Å². The lowest BCUT2D eigenvalue weighted by Gasteiger charge is -2.11. The van der Waals surface area contributed by atoms with Gasteiger partial charge in [0.2, 0.25) is 0 Å². The Morgan fingerprint density at radius 1 is 1.00 bits per heavy atom. The Hall–Kier alpha value is -2.55. The first-order valence-corrected chi connectivity index (χ1v) is 11.8. The SMILES string of the molecule is NC(=O)c1c(NC(=O)c2ccc(-c3nc4ccccc4s3)s2)sc2c1CCCC2. The number of amides is 2. The number of nitrogens with two attached hydrogens (primary N) is 1. The molecule has 0 fully saturated rings. The smallest absolute Gasteiger partial charge is 0.266 e. The van der Waals surface area contributed by atoms with E-state index in [0.717, 1.165) is 51.3 Å². The Morgan fingerprint density at radius 3 is 2.66 bits per heavy atom. The van der Waals surface area contributed by atoms with E-state index in [1.54, 1.807) is 17.4 Å². The molecule has 5 nitrogen and oxygen atoms in total. The number of primary amides is 1. The molecule has 0 spiro atoms. The third kappa shape index (κ3) is 3.37. The highest BCUT2D eigenvalue weighted by atomic mass is 32.1. The third-order valence-corrected chi connectivity index (χ3v) is 8.48. The Balaban J connectivity index is 1.42. The van der Waals surface area contributed by atoms with Gasteiger partial charge in [-0.05, 0) is 55.5 Å². The number of aromatic nitrogens is 1. The van der Waals surface area contributed by atoms with Gasteiger partial charge >= 0.3 is 0 Å². The van der Waals surface area contributed by atoms with Crippen LogP contribution >= 0.6 is 34.0 Å². The number of thiazole rings is 1. The summed E-state index contributed by atoms with van der Waals surface area (Å²) >= 11 is 4.50. The zero-order valence-corrected chi connectivity index (χ0v) is 17.8. The molecule has 3 N–H and O–H groups in total. The molecular formula is C21H17N3O2S3. The lowest BCUT2D eigenvalue weighted by atomic mass is 9.95. The first-order valence-electron chi connectivity index (χ1n) is 9.31. The Bertz CT molecular complexity index is 1220. The van der Waals surface area contributed by atoms with E-state index in [1.807, 2.05) is 30.3 Å². The largest absolute Gasteiger partial charge is 0.365 e. The summed E-state index contributed by atoms with van der Waals surface area (Å²) in [6.45, 7) is 0. The molecule has 0 aliphatic heterocycles. The summed E-state index contributed by atoms with van der Waals surface area (Å²) in [5, 5.41) is 4.40. The molecule has 0 saturated heterocycles. The first kappa shape index (κ1) is 18.5. The van der Waals surface area contributed by atoms with Crippen molar-refractivity contribution < 1.29 is 9.59 Å². The number of hydrogen-bond donors (Lipinski definition) is 2. The van der Waals surface area contributed by atoms with Crippen LogP contribution in [0.15, 0.2) is 36.4 Å². The summed E-state index contributed by atoms with van der Waals surface area (Å²) in [4.78, 5) is 32.2. The van der Waals surface area contributed by atoms with Crippen LogP contribution in [0.4, 0.5) is 5.00 Å². The number of thiophene rings is 2. The van der Waals surface area contributed by atoms with Crippen molar-refractivity contribution in [2.45, 2.75) is 25.7 Å². The van der Waals surface area contributed by atoms with Crippen molar-refractivity contribution in [3.63, 3.8) is 0 Å². The molecule has 1 aliphatic rings. The highest BCUT2D eigenvalue weighted by Crippen LogP contribution is 2.39. The number of nitrogens with one attached hydrogen (secondary N) is 1. The topological polar surface area (TPSA) is 85.1 Å². The fraction of sp³-hybridized carbons (Fsp3) is 0.190. The minimum Gasteiger partial charge on any atom is -0.365 e. The molecule has 4 aromatic rings. The molecule has 3 heterocycles. The van der Waals surface area contributed by atoms with Crippen LogP contribution < -0.4 is 11.1 Å². The summed E-state index contributed by atoms with van der Waals surface area (Å²) in [5.74, 6) is -0.690. The van der Waals surface area contributed by atoms with Crippen molar-refractivity contribution >= 4 is 61.0 Å². The van der Waals surface area contributed by atoms with Gasteiger partial charge in [-0.1, -0.05) is 12.1 Å². The van der Waals surface area contributed by atoms with Crippen molar-refractivity contribution in [1.82, 2.24) is 4.98 Å². The first-order chi connectivity index (χ1) is 14.1. The van der Waals surface area contributed by atoms with Gasteiger partial charge in [0.25, 0.3) is 11.8 Å². The molecule has 8 heteroatoms. The second-order valence-corrected chi connectivity index (χ2v) is 10.1. The Kier molecular flexibility index (Phi) is 4.69. The van der Waals surface area contributed by atoms with Gasteiger partial charge in [-0.2, -0.15) is 0 Å². The third-order valence-electron chi connectivity index (χ3n) is 4.98. The summed E-state index contributed by atoms with van der Waals surface area (Å²) in [6.07, 6.45) is 3.95.